The van der Waals surface area contributed by atoms with Gasteiger partial charge in [0.15, 0.2) is 0 Å². The van der Waals surface area contributed by atoms with Crippen LogP contribution in [0.5, 0.6) is 0 Å². The Hall–Kier alpha value is -2.62. The Kier molecular flexibility index (Phi) is 7.50. The van der Waals surface area contributed by atoms with Gasteiger partial charge in [-0.1, -0.05) is 70.8 Å². The molecule has 2 unspecified atom stereocenters. The number of rotatable bonds is 5. The molecule has 6 nitrogen and oxygen atoms in total. The van der Waals surface area contributed by atoms with Crippen LogP contribution in [0.15, 0.2) is 60.7 Å². The van der Waals surface area contributed by atoms with Crippen LogP contribution in [0.2, 0.25) is 10.0 Å². The molecule has 3 aromatic carbocycles. The molecule has 3 N–H and O–H groups in total. The van der Waals surface area contributed by atoms with Gasteiger partial charge in [-0.25, -0.2) is 4.98 Å². The molecular weight excluding hydrogens is 610 g/mol. The van der Waals surface area contributed by atoms with Crippen LogP contribution in [-0.4, -0.2) is 31.7 Å². The molecular formula is C27H23Cl2IN4O2. The van der Waals surface area contributed by atoms with E-state index in [1.54, 1.807) is 30.3 Å². The molecule has 2 amide bonds. The first-order valence-electron chi connectivity index (χ1n) is 11.7. The zero-order chi connectivity index (χ0) is 25.2. The highest BCUT2D eigenvalue weighted by atomic mass is 127. The molecule has 1 fully saturated rings. The van der Waals surface area contributed by atoms with E-state index in [-0.39, 0.29) is 17.9 Å². The number of nitrogens with zero attached hydrogens (tertiary/aromatic N) is 1. The van der Waals surface area contributed by atoms with Crippen molar-refractivity contribution in [3.8, 4) is 11.4 Å². The fraction of sp³-hybridized carbons (Fsp3) is 0.222. The number of fused-ring (bicyclic) bond motifs is 1. The summed E-state index contributed by atoms with van der Waals surface area (Å²) in [6, 6.07) is 17.8. The molecule has 2 atom stereocenters. The zero-order valence-electron chi connectivity index (χ0n) is 19.2. The van der Waals surface area contributed by atoms with E-state index in [1.165, 1.54) is 6.42 Å². The number of carbonyl (C=O) groups excluding carboxylic acids is 2. The molecule has 1 aromatic heterocycles. The average molecular weight is 633 g/mol. The molecule has 9 heteroatoms. The minimum absolute atomic E-state index is 0.0565. The molecule has 36 heavy (non-hydrogen) atoms. The Bertz CT molecular complexity index is 1440. The van der Waals surface area contributed by atoms with Crippen LogP contribution in [0.1, 0.15) is 46.4 Å². The van der Waals surface area contributed by atoms with Crippen molar-refractivity contribution in [2.75, 3.05) is 5.32 Å². The van der Waals surface area contributed by atoms with Crippen molar-refractivity contribution in [2.24, 2.45) is 0 Å². The smallest absolute Gasteiger partial charge is 0.255 e. The summed E-state index contributed by atoms with van der Waals surface area (Å²) in [5.74, 6) is 0.351. The van der Waals surface area contributed by atoms with Gasteiger partial charge in [-0.15, -0.1) is 0 Å². The second kappa shape index (κ2) is 10.8. The van der Waals surface area contributed by atoms with Gasteiger partial charge in [0.2, 0.25) is 0 Å². The number of amides is 2. The highest BCUT2D eigenvalue weighted by molar-refractivity contribution is 14.1. The Morgan fingerprint density at radius 3 is 2.39 bits per heavy atom. The number of hydrogen-bond donors (Lipinski definition) is 3. The van der Waals surface area contributed by atoms with Crippen molar-refractivity contribution in [3.05, 3.63) is 81.8 Å². The number of carbonyl (C=O) groups is 2. The molecule has 1 aliphatic carbocycles. The van der Waals surface area contributed by atoms with Crippen molar-refractivity contribution >= 4 is 74.3 Å². The number of benzene rings is 3. The van der Waals surface area contributed by atoms with Gasteiger partial charge in [0.25, 0.3) is 11.8 Å². The maximum Gasteiger partial charge on any atom is 0.255 e. The first-order chi connectivity index (χ1) is 17.4. The van der Waals surface area contributed by atoms with Gasteiger partial charge >= 0.3 is 0 Å². The van der Waals surface area contributed by atoms with Gasteiger partial charge in [-0.2, -0.15) is 0 Å². The Morgan fingerprint density at radius 2 is 1.64 bits per heavy atom. The van der Waals surface area contributed by atoms with Crippen molar-refractivity contribution < 1.29 is 9.59 Å². The lowest BCUT2D eigenvalue weighted by atomic mass is 9.95. The van der Waals surface area contributed by atoms with E-state index >= 15 is 0 Å². The number of aromatic nitrogens is 2. The van der Waals surface area contributed by atoms with Gasteiger partial charge < -0.3 is 15.6 Å². The van der Waals surface area contributed by atoms with Crippen LogP contribution in [0.3, 0.4) is 0 Å². The zero-order valence-corrected chi connectivity index (χ0v) is 22.8. The van der Waals surface area contributed by atoms with Crippen LogP contribution in [0, 0.1) is 0 Å². The predicted molar refractivity (Wildman–Crippen MR) is 153 cm³/mol. The van der Waals surface area contributed by atoms with Crippen molar-refractivity contribution in [1.29, 1.82) is 0 Å². The third kappa shape index (κ3) is 5.53. The van der Waals surface area contributed by atoms with Gasteiger partial charge in [-0.3, -0.25) is 9.59 Å². The highest BCUT2D eigenvalue weighted by Gasteiger charge is 2.24. The van der Waals surface area contributed by atoms with Crippen molar-refractivity contribution in [3.63, 3.8) is 0 Å². The summed E-state index contributed by atoms with van der Waals surface area (Å²) >= 11 is 14.4. The standard InChI is InChI=1S/C27H23Cl2IN4O2/c28-19-11-10-18(14-20(19)29)31-26(35)16-7-5-15(6-8-16)25-32-23-12-9-17(13-24(23)33-25)27(36)34-22-4-2-1-3-21(22)30/h5-14,21-22H,1-4H2,(H,31,35)(H,32,33)(H,34,36). The molecule has 4 aromatic rings. The molecule has 1 aliphatic rings. The van der Waals surface area contributed by atoms with Crippen LogP contribution >= 0.6 is 45.8 Å². The number of nitrogens with one attached hydrogen (secondary N) is 3. The molecule has 0 aliphatic heterocycles. The number of hydrogen-bond acceptors (Lipinski definition) is 3. The van der Waals surface area contributed by atoms with E-state index < -0.39 is 0 Å². The summed E-state index contributed by atoms with van der Waals surface area (Å²) < 4.78 is 0.469. The van der Waals surface area contributed by atoms with Crippen LogP contribution in [0.4, 0.5) is 5.69 Å². The topological polar surface area (TPSA) is 86.9 Å². The molecule has 184 valence electrons. The first kappa shape index (κ1) is 25.0. The summed E-state index contributed by atoms with van der Waals surface area (Å²) in [4.78, 5) is 33.4. The predicted octanol–water partition coefficient (Wildman–Crippen LogP) is 7.27. The lowest BCUT2D eigenvalue weighted by Crippen LogP contribution is -2.42. The summed E-state index contributed by atoms with van der Waals surface area (Å²) in [5.41, 5.74) is 4.06. The quantitative estimate of drug-likeness (QED) is 0.160. The molecule has 0 saturated heterocycles. The third-order valence-electron chi connectivity index (χ3n) is 6.34. The van der Waals surface area contributed by atoms with E-state index in [9.17, 15) is 9.59 Å². The Balaban J connectivity index is 1.29. The molecule has 1 saturated carbocycles. The minimum atomic E-state index is -0.257. The molecule has 0 spiro atoms. The largest absolute Gasteiger partial charge is 0.348 e. The van der Waals surface area contributed by atoms with E-state index in [0.717, 1.165) is 35.9 Å². The average Bonchev–Trinajstić information content (AvgIpc) is 3.31. The monoisotopic (exact) mass is 632 g/mol. The van der Waals surface area contributed by atoms with Crippen LogP contribution in [0.25, 0.3) is 22.4 Å². The Morgan fingerprint density at radius 1 is 0.889 bits per heavy atom. The molecule has 5 rings (SSSR count). The van der Waals surface area contributed by atoms with Crippen LogP contribution in [-0.2, 0) is 0 Å². The highest BCUT2D eigenvalue weighted by Crippen LogP contribution is 2.27. The van der Waals surface area contributed by atoms with E-state index in [2.05, 4.69) is 43.2 Å². The summed E-state index contributed by atoms with van der Waals surface area (Å²) in [7, 11) is 0. The number of aromatic amines is 1. The van der Waals surface area contributed by atoms with E-state index in [4.69, 9.17) is 23.2 Å². The summed E-state index contributed by atoms with van der Waals surface area (Å²) in [5, 5.41) is 6.81. The second-order valence-corrected chi connectivity index (χ2v) is 11.3. The maximum atomic E-state index is 12.8. The van der Waals surface area contributed by atoms with Crippen molar-refractivity contribution in [1.82, 2.24) is 15.3 Å². The summed E-state index contributed by atoms with van der Waals surface area (Å²) in [6.07, 6.45) is 4.55. The lowest BCUT2D eigenvalue weighted by Gasteiger charge is -2.28. The Labute approximate surface area is 232 Å². The normalized spacial score (nSPS) is 17.6. The number of H-pyrrole nitrogens is 1. The first-order valence-corrected chi connectivity index (χ1v) is 13.7. The molecule has 0 radical (unpaired) electrons. The fourth-order valence-electron chi connectivity index (χ4n) is 4.34. The van der Waals surface area contributed by atoms with Gasteiger partial charge in [0, 0.05) is 32.3 Å². The number of imidazole rings is 1. The van der Waals surface area contributed by atoms with E-state index in [1.807, 2.05) is 30.3 Å². The van der Waals surface area contributed by atoms with Gasteiger partial charge in [0.05, 0.1) is 21.1 Å². The minimum Gasteiger partial charge on any atom is -0.348 e. The van der Waals surface area contributed by atoms with E-state index in [0.29, 0.717) is 36.6 Å². The van der Waals surface area contributed by atoms with Gasteiger partial charge in [-0.05, 0) is 61.4 Å². The fourth-order valence-corrected chi connectivity index (χ4v) is 5.62. The number of halogens is 3. The lowest BCUT2D eigenvalue weighted by molar-refractivity contribution is 0.0930. The molecule has 0 bridgehead atoms. The summed E-state index contributed by atoms with van der Waals surface area (Å²) in [6.45, 7) is 0. The maximum absolute atomic E-state index is 12.8. The second-order valence-electron chi connectivity index (χ2n) is 8.86. The SMILES string of the molecule is O=C(Nc1ccc(Cl)c(Cl)c1)c1ccc(-c2nc3ccc(C(=O)NC4CCCCC4I)cc3[nH]2)cc1. The van der Waals surface area contributed by atoms with Crippen molar-refractivity contribution in [2.45, 2.75) is 35.6 Å². The molecule has 1 heterocycles. The number of anilines is 1. The van der Waals surface area contributed by atoms with Crippen LogP contribution < -0.4 is 10.6 Å². The third-order valence-corrected chi connectivity index (χ3v) is 8.57. The van der Waals surface area contributed by atoms with Gasteiger partial charge in [0.1, 0.15) is 5.82 Å². The number of alkyl halides is 1.